The summed E-state index contributed by atoms with van der Waals surface area (Å²) in [7, 11) is 0. The van der Waals surface area contributed by atoms with Crippen LogP contribution in [0.5, 0.6) is 0 Å². The standard InChI is InChI=1S/C14H9BrClFN2S/c15-9-5-8(1-3-11(9)17)6-18-13-10(16)2-4-12-14(13)19-7-20-12/h1-5,7,18H,6H2. The van der Waals surface area contributed by atoms with E-state index in [2.05, 4.69) is 26.2 Å². The summed E-state index contributed by atoms with van der Waals surface area (Å²) in [6.07, 6.45) is 0. The first-order valence-corrected chi connectivity index (χ1v) is 7.90. The second-order valence-electron chi connectivity index (χ2n) is 4.22. The van der Waals surface area contributed by atoms with Crippen LogP contribution < -0.4 is 5.32 Å². The highest BCUT2D eigenvalue weighted by Crippen LogP contribution is 2.32. The molecule has 102 valence electrons. The third kappa shape index (κ3) is 2.66. The lowest BCUT2D eigenvalue weighted by atomic mass is 10.2. The van der Waals surface area contributed by atoms with Gasteiger partial charge in [0, 0.05) is 6.54 Å². The Morgan fingerprint density at radius 3 is 2.95 bits per heavy atom. The first-order valence-electron chi connectivity index (χ1n) is 5.84. The van der Waals surface area contributed by atoms with E-state index in [-0.39, 0.29) is 5.82 Å². The van der Waals surface area contributed by atoms with E-state index in [1.807, 2.05) is 12.1 Å². The minimum atomic E-state index is -0.270. The molecule has 3 aromatic rings. The van der Waals surface area contributed by atoms with E-state index in [4.69, 9.17) is 11.6 Å². The monoisotopic (exact) mass is 370 g/mol. The predicted octanol–water partition coefficient (Wildman–Crippen LogP) is 5.46. The van der Waals surface area contributed by atoms with Crippen molar-refractivity contribution in [2.45, 2.75) is 6.54 Å². The largest absolute Gasteiger partial charge is 0.378 e. The van der Waals surface area contributed by atoms with Crippen molar-refractivity contribution in [3.05, 3.63) is 56.7 Å². The van der Waals surface area contributed by atoms with Gasteiger partial charge in [0.25, 0.3) is 0 Å². The Kier molecular flexibility index (Phi) is 3.92. The Morgan fingerprint density at radius 1 is 1.30 bits per heavy atom. The number of nitrogens with zero attached hydrogens (tertiary/aromatic N) is 1. The van der Waals surface area contributed by atoms with Gasteiger partial charge in [0.05, 0.1) is 25.4 Å². The van der Waals surface area contributed by atoms with Crippen LogP contribution >= 0.6 is 38.9 Å². The van der Waals surface area contributed by atoms with Crippen molar-refractivity contribution in [2.24, 2.45) is 0 Å². The van der Waals surface area contributed by atoms with Crippen LogP contribution in [0.3, 0.4) is 0 Å². The lowest BCUT2D eigenvalue weighted by Gasteiger charge is -2.09. The van der Waals surface area contributed by atoms with Crippen LogP contribution in [-0.2, 0) is 6.54 Å². The molecule has 20 heavy (non-hydrogen) atoms. The Bertz CT molecular complexity index is 775. The Labute approximate surface area is 132 Å². The molecule has 0 unspecified atom stereocenters. The van der Waals surface area contributed by atoms with Crippen molar-refractivity contribution in [2.75, 3.05) is 5.32 Å². The van der Waals surface area contributed by atoms with Crippen LogP contribution in [-0.4, -0.2) is 4.98 Å². The number of benzene rings is 2. The summed E-state index contributed by atoms with van der Waals surface area (Å²) < 4.78 is 14.7. The van der Waals surface area contributed by atoms with Gasteiger partial charge in [-0.1, -0.05) is 17.7 Å². The third-order valence-corrected chi connectivity index (χ3v) is 4.62. The molecule has 6 heteroatoms. The molecule has 0 bridgehead atoms. The molecule has 1 heterocycles. The molecule has 0 aliphatic rings. The summed E-state index contributed by atoms with van der Waals surface area (Å²) in [4.78, 5) is 4.33. The normalized spacial score (nSPS) is 10.9. The quantitative estimate of drug-likeness (QED) is 0.661. The van der Waals surface area contributed by atoms with Gasteiger partial charge in [0.15, 0.2) is 0 Å². The molecule has 0 saturated heterocycles. The zero-order valence-electron chi connectivity index (χ0n) is 10.2. The number of halogens is 3. The zero-order chi connectivity index (χ0) is 14.1. The van der Waals surface area contributed by atoms with Crippen LogP contribution in [0, 0.1) is 5.82 Å². The molecule has 0 atom stereocenters. The molecule has 2 nitrogen and oxygen atoms in total. The number of rotatable bonds is 3. The molecule has 0 spiro atoms. The van der Waals surface area contributed by atoms with E-state index in [1.54, 1.807) is 29.0 Å². The minimum absolute atomic E-state index is 0.270. The highest BCUT2D eigenvalue weighted by Gasteiger charge is 2.09. The van der Waals surface area contributed by atoms with E-state index >= 15 is 0 Å². The van der Waals surface area contributed by atoms with Crippen molar-refractivity contribution >= 4 is 54.8 Å². The van der Waals surface area contributed by atoms with Crippen molar-refractivity contribution in [3.63, 3.8) is 0 Å². The van der Waals surface area contributed by atoms with Gasteiger partial charge >= 0.3 is 0 Å². The van der Waals surface area contributed by atoms with Gasteiger partial charge in [-0.3, -0.25) is 0 Å². The molecular weight excluding hydrogens is 363 g/mol. The number of anilines is 1. The fourth-order valence-electron chi connectivity index (χ4n) is 1.91. The minimum Gasteiger partial charge on any atom is -0.378 e. The van der Waals surface area contributed by atoms with Gasteiger partial charge in [-0.25, -0.2) is 9.37 Å². The van der Waals surface area contributed by atoms with Gasteiger partial charge in [0.1, 0.15) is 11.3 Å². The fraction of sp³-hybridized carbons (Fsp3) is 0.0714. The second-order valence-corrected chi connectivity index (χ2v) is 6.37. The molecule has 1 N–H and O–H groups in total. The number of aromatic nitrogens is 1. The average Bonchev–Trinajstić information content (AvgIpc) is 2.90. The highest BCUT2D eigenvalue weighted by atomic mass is 79.9. The molecule has 1 aromatic heterocycles. The number of hydrogen-bond donors (Lipinski definition) is 1. The van der Waals surface area contributed by atoms with Crippen LogP contribution in [0.2, 0.25) is 5.02 Å². The maximum absolute atomic E-state index is 13.2. The summed E-state index contributed by atoms with van der Waals surface area (Å²) in [5.41, 5.74) is 4.43. The smallest absolute Gasteiger partial charge is 0.137 e. The number of nitrogens with one attached hydrogen (secondary N) is 1. The summed E-state index contributed by atoms with van der Waals surface area (Å²) in [6.45, 7) is 0.551. The lowest BCUT2D eigenvalue weighted by Crippen LogP contribution is -2.01. The van der Waals surface area contributed by atoms with E-state index in [9.17, 15) is 4.39 Å². The molecule has 0 aliphatic heterocycles. The fourth-order valence-corrected chi connectivity index (χ4v) is 3.24. The summed E-state index contributed by atoms with van der Waals surface area (Å²) in [5, 5.41) is 3.90. The molecule has 0 amide bonds. The van der Waals surface area contributed by atoms with Crippen molar-refractivity contribution < 1.29 is 4.39 Å². The molecule has 0 aliphatic carbocycles. The second kappa shape index (κ2) is 5.68. The average molecular weight is 372 g/mol. The first kappa shape index (κ1) is 13.8. The summed E-state index contributed by atoms with van der Waals surface area (Å²) in [5.74, 6) is -0.270. The number of thiazole rings is 1. The number of hydrogen-bond acceptors (Lipinski definition) is 3. The van der Waals surface area contributed by atoms with E-state index in [0.717, 1.165) is 21.5 Å². The molecule has 2 aromatic carbocycles. The SMILES string of the molecule is Fc1ccc(CNc2c(Cl)ccc3scnc23)cc1Br. The van der Waals surface area contributed by atoms with Crippen molar-refractivity contribution in [1.82, 2.24) is 4.98 Å². The summed E-state index contributed by atoms with van der Waals surface area (Å²) in [6, 6.07) is 8.73. The first-order chi connectivity index (χ1) is 9.65. The van der Waals surface area contributed by atoms with E-state index in [1.165, 1.54) is 6.07 Å². The van der Waals surface area contributed by atoms with Crippen molar-refractivity contribution in [1.29, 1.82) is 0 Å². The molecular formula is C14H9BrClFN2S. The van der Waals surface area contributed by atoms with Crippen LogP contribution in [0.25, 0.3) is 10.2 Å². The Hall–Kier alpha value is -1.17. The van der Waals surface area contributed by atoms with E-state index in [0.29, 0.717) is 16.0 Å². The van der Waals surface area contributed by atoms with Gasteiger partial charge in [-0.05, 0) is 45.8 Å². The molecule has 0 fully saturated rings. The molecule has 3 rings (SSSR count). The number of fused-ring (bicyclic) bond motifs is 1. The van der Waals surface area contributed by atoms with Gasteiger partial charge in [0.2, 0.25) is 0 Å². The molecule has 0 saturated carbocycles. The zero-order valence-corrected chi connectivity index (χ0v) is 13.3. The van der Waals surface area contributed by atoms with Gasteiger partial charge in [-0.2, -0.15) is 0 Å². The van der Waals surface area contributed by atoms with Gasteiger partial charge < -0.3 is 5.32 Å². The topological polar surface area (TPSA) is 24.9 Å². The Morgan fingerprint density at radius 2 is 2.15 bits per heavy atom. The van der Waals surface area contributed by atoms with Crippen LogP contribution in [0.1, 0.15) is 5.56 Å². The van der Waals surface area contributed by atoms with Gasteiger partial charge in [-0.15, -0.1) is 11.3 Å². The summed E-state index contributed by atoms with van der Waals surface area (Å²) >= 11 is 11.0. The van der Waals surface area contributed by atoms with Crippen LogP contribution in [0.4, 0.5) is 10.1 Å². The predicted molar refractivity (Wildman–Crippen MR) is 86.1 cm³/mol. The highest BCUT2D eigenvalue weighted by molar-refractivity contribution is 9.10. The maximum Gasteiger partial charge on any atom is 0.137 e. The third-order valence-electron chi connectivity index (χ3n) is 2.90. The van der Waals surface area contributed by atoms with E-state index < -0.39 is 0 Å². The lowest BCUT2D eigenvalue weighted by molar-refractivity contribution is 0.620. The van der Waals surface area contributed by atoms with Crippen molar-refractivity contribution in [3.8, 4) is 0 Å². The Balaban J connectivity index is 1.88. The molecule has 0 radical (unpaired) electrons. The maximum atomic E-state index is 13.2. The van der Waals surface area contributed by atoms with Crippen LogP contribution in [0.15, 0.2) is 40.3 Å².